The van der Waals surface area contributed by atoms with Gasteiger partial charge in [0.2, 0.25) is 0 Å². The average molecular weight is 240 g/mol. The SMILES string of the molecule is CC(C)OC(=O)CN1CCCN2CCCC2C1. The van der Waals surface area contributed by atoms with E-state index in [1.165, 1.54) is 32.4 Å². The molecule has 98 valence electrons. The molecule has 2 rings (SSSR count). The first-order valence-corrected chi connectivity index (χ1v) is 6.81. The van der Waals surface area contributed by atoms with Crippen LogP contribution >= 0.6 is 0 Å². The Labute approximate surface area is 104 Å². The molecule has 2 aliphatic heterocycles. The molecule has 0 aromatic carbocycles. The highest BCUT2D eigenvalue weighted by molar-refractivity contribution is 5.71. The highest BCUT2D eigenvalue weighted by Gasteiger charge is 2.29. The molecule has 2 fully saturated rings. The fraction of sp³-hybridized carbons (Fsp3) is 0.923. The van der Waals surface area contributed by atoms with E-state index in [1.54, 1.807) is 0 Å². The molecule has 2 heterocycles. The number of fused-ring (bicyclic) bond motifs is 1. The quantitative estimate of drug-likeness (QED) is 0.692. The van der Waals surface area contributed by atoms with Crippen molar-refractivity contribution in [2.24, 2.45) is 0 Å². The van der Waals surface area contributed by atoms with Crippen molar-refractivity contribution in [3.05, 3.63) is 0 Å². The lowest BCUT2D eigenvalue weighted by molar-refractivity contribution is -0.148. The second-order valence-corrected chi connectivity index (χ2v) is 5.46. The minimum atomic E-state index is -0.0774. The second-order valence-electron chi connectivity index (χ2n) is 5.46. The van der Waals surface area contributed by atoms with Crippen LogP contribution in [-0.2, 0) is 9.53 Å². The van der Waals surface area contributed by atoms with E-state index in [0.717, 1.165) is 13.1 Å². The third kappa shape index (κ3) is 3.68. The molecular weight excluding hydrogens is 216 g/mol. The monoisotopic (exact) mass is 240 g/mol. The highest BCUT2D eigenvalue weighted by atomic mass is 16.5. The van der Waals surface area contributed by atoms with Gasteiger partial charge >= 0.3 is 5.97 Å². The number of hydrogen-bond donors (Lipinski definition) is 0. The van der Waals surface area contributed by atoms with E-state index in [-0.39, 0.29) is 12.1 Å². The lowest BCUT2D eigenvalue weighted by Crippen LogP contribution is -2.39. The molecule has 1 unspecified atom stereocenters. The van der Waals surface area contributed by atoms with Crippen LogP contribution in [0.2, 0.25) is 0 Å². The maximum absolute atomic E-state index is 11.6. The van der Waals surface area contributed by atoms with Gasteiger partial charge in [0, 0.05) is 19.1 Å². The Kier molecular flexibility index (Phi) is 4.40. The number of ether oxygens (including phenoxy) is 1. The molecule has 0 saturated carbocycles. The number of rotatable bonds is 3. The van der Waals surface area contributed by atoms with Crippen LogP contribution in [0.4, 0.5) is 0 Å². The molecule has 2 aliphatic rings. The van der Waals surface area contributed by atoms with Crippen LogP contribution in [0.15, 0.2) is 0 Å². The first-order valence-electron chi connectivity index (χ1n) is 6.81. The van der Waals surface area contributed by atoms with Crippen LogP contribution in [0.25, 0.3) is 0 Å². The summed E-state index contributed by atoms with van der Waals surface area (Å²) in [5, 5.41) is 0. The number of esters is 1. The normalized spacial score (nSPS) is 26.9. The average Bonchev–Trinajstić information content (AvgIpc) is 2.56. The number of carbonyl (C=O) groups is 1. The predicted molar refractivity (Wildman–Crippen MR) is 66.9 cm³/mol. The summed E-state index contributed by atoms with van der Waals surface area (Å²) in [4.78, 5) is 16.5. The zero-order valence-corrected chi connectivity index (χ0v) is 11.0. The van der Waals surface area contributed by atoms with E-state index in [1.807, 2.05) is 13.8 Å². The van der Waals surface area contributed by atoms with Crippen LogP contribution in [0.3, 0.4) is 0 Å². The summed E-state index contributed by atoms with van der Waals surface area (Å²) in [5.74, 6) is -0.0774. The van der Waals surface area contributed by atoms with Crippen molar-refractivity contribution in [3.63, 3.8) is 0 Å². The first-order chi connectivity index (χ1) is 8.15. The Morgan fingerprint density at radius 3 is 2.82 bits per heavy atom. The van der Waals surface area contributed by atoms with E-state index in [0.29, 0.717) is 12.6 Å². The molecule has 0 aliphatic carbocycles. The second kappa shape index (κ2) is 5.83. The van der Waals surface area contributed by atoms with Crippen LogP contribution in [0.5, 0.6) is 0 Å². The van der Waals surface area contributed by atoms with Crippen molar-refractivity contribution >= 4 is 5.97 Å². The van der Waals surface area contributed by atoms with Crippen LogP contribution in [0.1, 0.15) is 33.1 Å². The Balaban J connectivity index is 1.82. The number of hydrogen-bond acceptors (Lipinski definition) is 4. The van der Waals surface area contributed by atoms with Gasteiger partial charge in [-0.1, -0.05) is 0 Å². The van der Waals surface area contributed by atoms with Gasteiger partial charge < -0.3 is 4.74 Å². The van der Waals surface area contributed by atoms with Gasteiger partial charge in [-0.05, 0) is 46.2 Å². The number of nitrogens with zero attached hydrogens (tertiary/aromatic N) is 2. The Hall–Kier alpha value is -0.610. The molecule has 0 aromatic rings. The molecule has 4 heteroatoms. The summed E-state index contributed by atoms with van der Waals surface area (Å²) in [6.07, 6.45) is 3.77. The summed E-state index contributed by atoms with van der Waals surface area (Å²) < 4.78 is 5.21. The van der Waals surface area contributed by atoms with E-state index < -0.39 is 0 Å². The Bertz CT molecular complexity index is 268. The summed E-state index contributed by atoms with van der Waals surface area (Å²) >= 11 is 0. The molecule has 0 amide bonds. The van der Waals surface area contributed by atoms with Crippen LogP contribution in [0, 0.1) is 0 Å². The van der Waals surface area contributed by atoms with E-state index in [4.69, 9.17) is 4.74 Å². The molecule has 17 heavy (non-hydrogen) atoms. The summed E-state index contributed by atoms with van der Waals surface area (Å²) in [6.45, 7) is 8.77. The Morgan fingerprint density at radius 2 is 2.06 bits per heavy atom. The van der Waals surface area contributed by atoms with Gasteiger partial charge in [-0.25, -0.2) is 0 Å². The van der Waals surface area contributed by atoms with Gasteiger partial charge in [0.1, 0.15) is 0 Å². The zero-order valence-electron chi connectivity index (χ0n) is 11.0. The largest absolute Gasteiger partial charge is 0.462 e. The molecule has 2 saturated heterocycles. The van der Waals surface area contributed by atoms with E-state index in [9.17, 15) is 4.79 Å². The van der Waals surface area contributed by atoms with Crippen molar-refractivity contribution in [1.82, 2.24) is 9.80 Å². The van der Waals surface area contributed by atoms with Crippen LogP contribution in [-0.4, -0.2) is 60.6 Å². The fourth-order valence-corrected chi connectivity index (χ4v) is 2.91. The van der Waals surface area contributed by atoms with Gasteiger partial charge in [-0.2, -0.15) is 0 Å². The lowest BCUT2D eigenvalue weighted by atomic mass is 10.2. The number of carbonyl (C=O) groups excluding carboxylic acids is 1. The lowest BCUT2D eigenvalue weighted by Gasteiger charge is -2.25. The predicted octanol–water partition coefficient (Wildman–Crippen LogP) is 1.11. The minimum Gasteiger partial charge on any atom is -0.462 e. The van der Waals surface area contributed by atoms with Crippen molar-refractivity contribution in [2.75, 3.05) is 32.7 Å². The molecule has 0 radical (unpaired) electrons. The summed E-state index contributed by atoms with van der Waals surface area (Å²) in [6, 6.07) is 0.671. The molecule has 0 spiro atoms. The third-order valence-corrected chi connectivity index (χ3v) is 3.61. The van der Waals surface area contributed by atoms with Gasteiger partial charge in [0.15, 0.2) is 0 Å². The van der Waals surface area contributed by atoms with Gasteiger partial charge in [-0.3, -0.25) is 14.6 Å². The van der Waals surface area contributed by atoms with Crippen molar-refractivity contribution in [1.29, 1.82) is 0 Å². The zero-order chi connectivity index (χ0) is 12.3. The third-order valence-electron chi connectivity index (χ3n) is 3.61. The smallest absolute Gasteiger partial charge is 0.320 e. The van der Waals surface area contributed by atoms with Crippen LogP contribution < -0.4 is 0 Å². The van der Waals surface area contributed by atoms with Crippen molar-refractivity contribution in [3.8, 4) is 0 Å². The van der Waals surface area contributed by atoms with Crippen molar-refractivity contribution in [2.45, 2.75) is 45.3 Å². The standard InChI is InChI=1S/C13H24N2O2/c1-11(2)17-13(16)10-14-6-4-8-15-7-3-5-12(15)9-14/h11-12H,3-10H2,1-2H3. The Morgan fingerprint density at radius 1 is 1.29 bits per heavy atom. The molecule has 0 bridgehead atoms. The van der Waals surface area contributed by atoms with Gasteiger partial charge in [0.25, 0.3) is 0 Å². The maximum Gasteiger partial charge on any atom is 0.320 e. The topological polar surface area (TPSA) is 32.8 Å². The van der Waals surface area contributed by atoms with E-state index in [2.05, 4.69) is 9.80 Å². The van der Waals surface area contributed by atoms with Crippen molar-refractivity contribution < 1.29 is 9.53 Å². The van der Waals surface area contributed by atoms with E-state index >= 15 is 0 Å². The summed E-state index contributed by atoms with van der Waals surface area (Å²) in [5.41, 5.74) is 0. The van der Waals surface area contributed by atoms with Gasteiger partial charge in [-0.15, -0.1) is 0 Å². The molecule has 1 atom stereocenters. The highest BCUT2D eigenvalue weighted by Crippen LogP contribution is 2.21. The van der Waals surface area contributed by atoms with Gasteiger partial charge in [0.05, 0.1) is 12.6 Å². The molecule has 0 N–H and O–H groups in total. The molecule has 0 aromatic heterocycles. The maximum atomic E-state index is 11.6. The summed E-state index contributed by atoms with van der Waals surface area (Å²) in [7, 11) is 0. The molecular formula is C13H24N2O2. The molecule has 4 nitrogen and oxygen atoms in total. The fourth-order valence-electron chi connectivity index (χ4n) is 2.91. The minimum absolute atomic E-state index is 0.00235. The first kappa shape index (κ1) is 12.8.